The standard InChI is InChI=1S/C43H58N8O9S/c1-6-27(5)37(50-40(55)33(21-26(3)4)48-41(56)35-24-44-19-20-45-35)42(57)49-34(22-28-13-9-8-10-14-28)39(54)47-32(7-2)38(53)43(58)46-25-36(52)51-61(59,60)31-18-17-29-15-11-12-16-30(29)23-31/h11-12,15-20,23-24,26-28,32-34,37H,6-10,13-14,21-22,25H2,1-5H3,(H,46,58)(H,47,54)(H,48,56)(H,49,57)(H,50,55)(H,51,52)/t27-,32-,33-,34-,37?/m0/s1. The SMILES string of the molecule is CC[C@H](NC(=O)[C@H](CC1CCCCC1)NC(=O)C(NC(=O)[C@H](CC(C)C)NC(=O)c1cnccn1)[C@@H](C)CC)C(=O)C(=O)NCC(=O)NS(=O)(=O)c1ccc2ccccc2c1. The first-order valence-electron chi connectivity index (χ1n) is 20.9. The molecule has 0 bridgehead atoms. The number of fused-ring (bicyclic) bond motifs is 1. The highest BCUT2D eigenvalue weighted by Gasteiger charge is 2.35. The van der Waals surface area contributed by atoms with Crippen LogP contribution in [0.4, 0.5) is 0 Å². The third kappa shape index (κ3) is 14.2. The lowest BCUT2D eigenvalue weighted by Crippen LogP contribution is -2.60. The smallest absolute Gasteiger partial charge is 0.290 e. The molecule has 2 aromatic carbocycles. The molecule has 1 aliphatic rings. The van der Waals surface area contributed by atoms with Crippen LogP contribution >= 0.6 is 0 Å². The maximum atomic E-state index is 14.1. The second kappa shape index (κ2) is 22.7. The molecular formula is C43H58N8O9S. The van der Waals surface area contributed by atoms with E-state index in [0.717, 1.165) is 37.5 Å². The minimum absolute atomic E-state index is 0.0111. The molecule has 1 fully saturated rings. The van der Waals surface area contributed by atoms with Gasteiger partial charge in [-0.3, -0.25) is 38.5 Å². The van der Waals surface area contributed by atoms with Gasteiger partial charge in [0, 0.05) is 12.4 Å². The van der Waals surface area contributed by atoms with Crippen molar-refractivity contribution in [1.82, 2.24) is 41.3 Å². The summed E-state index contributed by atoms with van der Waals surface area (Å²) in [5.41, 5.74) is 0.0203. The molecular weight excluding hydrogens is 805 g/mol. The van der Waals surface area contributed by atoms with Crippen molar-refractivity contribution < 1.29 is 42.0 Å². The number of carbonyl (C=O) groups is 7. The van der Waals surface area contributed by atoms with Crippen molar-refractivity contribution in [3.05, 3.63) is 66.7 Å². The van der Waals surface area contributed by atoms with Crippen molar-refractivity contribution in [2.45, 2.75) is 121 Å². The van der Waals surface area contributed by atoms with Crippen molar-refractivity contribution in [2.75, 3.05) is 6.54 Å². The van der Waals surface area contributed by atoms with Gasteiger partial charge >= 0.3 is 0 Å². The van der Waals surface area contributed by atoms with E-state index in [4.69, 9.17) is 0 Å². The number of hydrogen-bond acceptors (Lipinski definition) is 11. The Hall–Kier alpha value is -5.78. The molecule has 1 unspecified atom stereocenters. The van der Waals surface area contributed by atoms with Crippen molar-refractivity contribution in [3.8, 4) is 0 Å². The number of amides is 6. The first-order chi connectivity index (χ1) is 29.0. The average molecular weight is 863 g/mol. The topological polar surface area (TPSA) is 252 Å². The molecule has 4 rings (SSSR count). The van der Waals surface area contributed by atoms with Crippen LogP contribution in [0.3, 0.4) is 0 Å². The number of Topliss-reactive ketones (excluding diaryl/α,β-unsaturated/α-hetero) is 1. The van der Waals surface area contributed by atoms with Crippen LogP contribution < -0.4 is 31.3 Å². The van der Waals surface area contributed by atoms with Gasteiger partial charge in [0.1, 0.15) is 23.8 Å². The highest BCUT2D eigenvalue weighted by molar-refractivity contribution is 7.90. The second-order valence-electron chi connectivity index (χ2n) is 16.0. The summed E-state index contributed by atoms with van der Waals surface area (Å²) in [7, 11) is -4.30. The molecule has 330 valence electrons. The van der Waals surface area contributed by atoms with Crippen molar-refractivity contribution in [3.63, 3.8) is 0 Å². The number of nitrogens with zero attached hydrogens (tertiary/aromatic N) is 2. The maximum absolute atomic E-state index is 14.1. The molecule has 3 aromatic rings. The summed E-state index contributed by atoms with van der Waals surface area (Å²) in [6, 6.07) is 6.81. The zero-order valence-electron chi connectivity index (χ0n) is 35.4. The first-order valence-corrected chi connectivity index (χ1v) is 22.4. The molecule has 6 amide bonds. The third-order valence-corrected chi connectivity index (χ3v) is 12.2. The van der Waals surface area contributed by atoms with Gasteiger partial charge in [-0.1, -0.05) is 103 Å². The molecule has 17 nitrogen and oxygen atoms in total. The van der Waals surface area contributed by atoms with Crippen LogP contribution in [0.5, 0.6) is 0 Å². The van der Waals surface area contributed by atoms with E-state index < -0.39 is 87.9 Å². The highest BCUT2D eigenvalue weighted by atomic mass is 32.2. The van der Waals surface area contributed by atoms with Crippen LogP contribution in [-0.4, -0.2) is 90.3 Å². The minimum atomic E-state index is -4.30. The zero-order valence-corrected chi connectivity index (χ0v) is 36.2. The van der Waals surface area contributed by atoms with E-state index in [1.807, 2.05) is 25.5 Å². The maximum Gasteiger partial charge on any atom is 0.290 e. The number of aromatic nitrogens is 2. The van der Waals surface area contributed by atoms with Gasteiger partial charge in [0.05, 0.1) is 23.7 Å². The number of rotatable bonds is 21. The Balaban J connectivity index is 1.43. The van der Waals surface area contributed by atoms with Crippen molar-refractivity contribution >= 4 is 62.0 Å². The van der Waals surface area contributed by atoms with Gasteiger partial charge in [0.2, 0.25) is 23.5 Å². The van der Waals surface area contributed by atoms with Gasteiger partial charge in [-0.05, 0) is 59.9 Å². The Bertz CT molecular complexity index is 2150. The molecule has 5 atom stereocenters. The van der Waals surface area contributed by atoms with Crippen LogP contribution in [0.25, 0.3) is 10.8 Å². The van der Waals surface area contributed by atoms with Gasteiger partial charge in [-0.25, -0.2) is 18.1 Å². The molecule has 61 heavy (non-hydrogen) atoms. The Morgan fingerprint density at radius 2 is 1.43 bits per heavy atom. The van der Waals surface area contributed by atoms with Gasteiger partial charge < -0.3 is 26.6 Å². The fourth-order valence-electron chi connectivity index (χ4n) is 7.17. The summed E-state index contributed by atoms with van der Waals surface area (Å²) in [6.45, 7) is 8.13. The van der Waals surface area contributed by atoms with E-state index in [9.17, 15) is 42.0 Å². The summed E-state index contributed by atoms with van der Waals surface area (Å²) in [5.74, 6) is -6.27. The number of carbonyl (C=O) groups excluding carboxylic acids is 7. The molecule has 18 heteroatoms. The van der Waals surface area contributed by atoms with Crippen LogP contribution in [0.2, 0.25) is 0 Å². The number of nitrogens with one attached hydrogen (secondary N) is 6. The fourth-order valence-corrected chi connectivity index (χ4v) is 8.19. The van der Waals surface area contributed by atoms with Gasteiger partial charge in [-0.2, -0.15) is 0 Å². The minimum Gasteiger partial charge on any atom is -0.344 e. The molecule has 1 saturated carbocycles. The largest absolute Gasteiger partial charge is 0.344 e. The molecule has 0 saturated heterocycles. The predicted molar refractivity (Wildman–Crippen MR) is 227 cm³/mol. The zero-order chi connectivity index (χ0) is 44.7. The lowest BCUT2D eigenvalue weighted by Gasteiger charge is -2.31. The molecule has 1 aliphatic carbocycles. The Morgan fingerprint density at radius 3 is 2.07 bits per heavy atom. The molecule has 1 heterocycles. The number of hydrogen-bond donors (Lipinski definition) is 6. The van der Waals surface area contributed by atoms with Crippen LogP contribution in [-0.2, 0) is 38.8 Å². The Kier molecular flexibility index (Phi) is 17.8. The third-order valence-electron chi connectivity index (χ3n) is 10.8. The highest BCUT2D eigenvalue weighted by Crippen LogP contribution is 2.28. The van der Waals surface area contributed by atoms with E-state index in [0.29, 0.717) is 11.8 Å². The Labute approximate surface area is 356 Å². The van der Waals surface area contributed by atoms with Crippen molar-refractivity contribution in [2.24, 2.45) is 17.8 Å². The lowest BCUT2D eigenvalue weighted by molar-refractivity contribution is -0.141. The van der Waals surface area contributed by atoms with E-state index in [1.165, 1.54) is 30.7 Å². The Morgan fingerprint density at radius 1 is 0.754 bits per heavy atom. The lowest BCUT2D eigenvalue weighted by atomic mass is 9.84. The molecule has 6 N–H and O–H groups in total. The van der Waals surface area contributed by atoms with Gasteiger partial charge in [0.25, 0.3) is 27.7 Å². The second-order valence-corrected chi connectivity index (χ2v) is 17.7. The summed E-state index contributed by atoms with van der Waals surface area (Å²) < 4.78 is 27.7. The molecule has 0 spiro atoms. The molecule has 1 aromatic heterocycles. The van der Waals surface area contributed by atoms with Crippen LogP contribution in [0.1, 0.15) is 103 Å². The monoisotopic (exact) mass is 862 g/mol. The summed E-state index contributed by atoms with van der Waals surface area (Å²) in [6.07, 6.45) is 9.60. The summed E-state index contributed by atoms with van der Waals surface area (Å²) >= 11 is 0. The summed E-state index contributed by atoms with van der Waals surface area (Å²) in [4.78, 5) is 101. The van der Waals surface area contributed by atoms with Crippen LogP contribution in [0.15, 0.2) is 66.0 Å². The van der Waals surface area contributed by atoms with Gasteiger partial charge in [0.15, 0.2) is 0 Å². The first kappa shape index (κ1) is 47.9. The number of sulfonamides is 1. The summed E-state index contributed by atoms with van der Waals surface area (Å²) in [5, 5.41) is 14.5. The predicted octanol–water partition coefficient (Wildman–Crippen LogP) is 2.85. The van der Waals surface area contributed by atoms with E-state index >= 15 is 0 Å². The fraction of sp³-hybridized carbons (Fsp3) is 0.512. The number of ketones is 1. The molecule has 0 radical (unpaired) electrons. The molecule has 0 aliphatic heterocycles. The number of benzene rings is 2. The van der Waals surface area contributed by atoms with Gasteiger partial charge in [-0.15, -0.1) is 0 Å². The van der Waals surface area contributed by atoms with Crippen molar-refractivity contribution in [1.29, 1.82) is 0 Å². The van der Waals surface area contributed by atoms with E-state index in [2.05, 4.69) is 36.6 Å². The quantitative estimate of drug-likeness (QED) is 0.0850. The normalized spacial score (nSPS) is 15.6. The average Bonchev–Trinajstić information content (AvgIpc) is 3.25. The van der Waals surface area contributed by atoms with E-state index in [-0.39, 0.29) is 41.7 Å². The van der Waals surface area contributed by atoms with E-state index in [1.54, 1.807) is 44.2 Å². The van der Waals surface area contributed by atoms with Crippen LogP contribution in [0, 0.1) is 17.8 Å².